The van der Waals surface area contributed by atoms with Gasteiger partial charge in [-0.25, -0.2) is 18.0 Å². The molecule has 5 unspecified atom stereocenters. The predicted molar refractivity (Wildman–Crippen MR) is 198 cm³/mol. The highest BCUT2D eigenvalue weighted by atomic mass is 28.4. The van der Waals surface area contributed by atoms with E-state index in [1.54, 1.807) is 20.8 Å². The molecule has 1 saturated heterocycles. The Bertz CT molecular complexity index is 1370. The van der Waals surface area contributed by atoms with E-state index in [-0.39, 0.29) is 45.3 Å². The van der Waals surface area contributed by atoms with Crippen LogP contribution in [0.3, 0.4) is 0 Å². The van der Waals surface area contributed by atoms with Gasteiger partial charge in [-0.05, 0) is 61.9 Å². The number of methoxy groups -OCH3 is 1. The highest BCUT2D eigenvalue weighted by molar-refractivity contribution is 6.97. The zero-order valence-electron chi connectivity index (χ0n) is 31.9. The predicted octanol–water partition coefficient (Wildman–Crippen LogP) is 6.20. The van der Waals surface area contributed by atoms with Crippen molar-refractivity contribution < 1.29 is 50.9 Å². The van der Waals surface area contributed by atoms with Gasteiger partial charge in [0.05, 0.1) is 19.0 Å². The minimum atomic E-state index is -3.36. The van der Waals surface area contributed by atoms with Crippen LogP contribution in [0.5, 0.6) is 0 Å². The first kappa shape index (κ1) is 44.1. The number of rotatable bonds is 23. The molecule has 2 aromatic rings. The molecule has 3 rings (SSSR count). The number of alkyl halides is 3. The quantitative estimate of drug-likeness (QED) is 0.0803. The normalized spacial score (nSPS) is 20.6. The molecule has 1 heterocycles. The fourth-order valence-electron chi connectivity index (χ4n) is 6.80. The molecule has 296 valence electrons. The number of hydrogen-bond donors (Lipinski definition) is 1. The molecule has 53 heavy (non-hydrogen) atoms. The molecule has 7 atom stereocenters. The van der Waals surface area contributed by atoms with Crippen molar-refractivity contribution in [3.8, 4) is 0 Å². The highest BCUT2D eigenvalue weighted by Crippen LogP contribution is 2.41. The van der Waals surface area contributed by atoms with Crippen molar-refractivity contribution >= 4 is 36.5 Å². The van der Waals surface area contributed by atoms with E-state index < -0.39 is 69.1 Å². The Labute approximate surface area is 313 Å². The van der Waals surface area contributed by atoms with E-state index in [0.717, 1.165) is 10.4 Å². The monoisotopic (exact) mass is 766 g/mol. The smallest absolute Gasteiger partial charge is 0.329 e. The molecular weight excluding hydrogens is 710 g/mol. The molecule has 0 aromatic heterocycles. The van der Waals surface area contributed by atoms with Crippen LogP contribution in [0.4, 0.5) is 13.2 Å². The Kier molecular flexibility index (Phi) is 17.9. The van der Waals surface area contributed by atoms with Crippen LogP contribution in [0.2, 0.25) is 6.04 Å². The molecule has 14 heteroatoms. The van der Waals surface area contributed by atoms with Crippen LogP contribution in [0.1, 0.15) is 92.4 Å². The van der Waals surface area contributed by atoms with Gasteiger partial charge < -0.3 is 28.7 Å². The average Bonchev–Trinajstić information content (AvgIpc) is 3.50. The molecule has 2 aromatic carbocycles. The largest absolute Gasteiger partial charge is 0.430 e. The summed E-state index contributed by atoms with van der Waals surface area (Å²) in [6.07, 6.45) is -5.78. The Balaban J connectivity index is 2.21. The molecule has 1 N–H and O–H groups in total. The number of amides is 1. The van der Waals surface area contributed by atoms with Gasteiger partial charge in [0.15, 0.2) is 0 Å². The maximum Gasteiger partial charge on any atom is 0.329 e. The molecule has 1 amide bonds. The van der Waals surface area contributed by atoms with Crippen molar-refractivity contribution in [3.05, 3.63) is 60.7 Å². The minimum Gasteiger partial charge on any atom is -0.430 e. The van der Waals surface area contributed by atoms with E-state index in [1.807, 2.05) is 60.7 Å². The summed E-state index contributed by atoms with van der Waals surface area (Å²) in [6.45, 7) is 7.74. The third-order valence-electron chi connectivity index (χ3n) is 9.62. The second-order valence-corrected chi connectivity index (χ2v) is 17.2. The standard InChI is InChI=1S/C39H57F3N2O8Si/c1-7-16-34(41)51-36(46)33-22-24-39(37(47)52-35(42)17-8-2,26-30(9-3)50-38(48-6)43-29(5)45)44(33)27-49-53(25-23-28(4)40,31-18-12-10-13-19-31)32-20-14-11-15-21-32/h10-15,18-21,28,30,33-35,38H,7-9,16-17,22-27H2,1-6H3,(H,43,45)/t28?,30?,33-,34?,35?,38?,39-/m1/s1. The summed E-state index contributed by atoms with van der Waals surface area (Å²) in [4.78, 5) is 41.6. The Morgan fingerprint density at radius 2 is 1.47 bits per heavy atom. The number of carbonyl (C=O) groups excluding carboxylic acids is 3. The van der Waals surface area contributed by atoms with E-state index in [0.29, 0.717) is 25.3 Å². The topological polar surface area (TPSA) is 113 Å². The van der Waals surface area contributed by atoms with E-state index in [4.69, 9.17) is 23.4 Å². The SMILES string of the molecule is CCCC(F)OC(=O)[C@H]1CC[C@@](CC(CC)OC(NC(C)=O)OC)(C(=O)OC(F)CCC)N1CO[Si](CCC(C)F)(c1ccccc1)c1ccccc1. The van der Waals surface area contributed by atoms with Crippen molar-refractivity contribution in [2.75, 3.05) is 13.8 Å². The number of likely N-dealkylation sites (tertiary alicyclic amines) is 1. The van der Waals surface area contributed by atoms with Crippen molar-refractivity contribution in [2.45, 2.75) is 141 Å². The number of nitrogens with zero attached hydrogens (tertiary/aromatic N) is 1. The highest BCUT2D eigenvalue weighted by Gasteiger charge is 2.58. The van der Waals surface area contributed by atoms with Crippen LogP contribution >= 0.6 is 0 Å². The number of carbonyl (C=O) groups is 3. The van der Waals surface area contributed by atoms with Crippen LogP contribution in [0.25, 0.3) is 0 Å². The van der Waals surface area contributed by atoms with Crippen LogP contribution in [-0.4, -0.2) is 87.9 Å². The molecule has 0 radical (unpaired) electrons. The zero-order valence-corrected chi connectivity index (χ0v) is 32.9. The summed E-state index contributed by atoms with van der Waals surface area (Å²) in [5.41, 5.74) is -1.73. The van der Waals surface area contributed by atoms with Crippen LogP contribution < -0.4 is 15.7 Å². The van der Waals surface area contributed by atoms with Crippen LogP contribution in [-0.2, 0) is 37.8 Å². The lowest BCUT2D eigenvalue weighted by Gasteiger charge is -2.43. The van der Waals surface area contributed by atoms with Crippen molar-refractivity contribution in [2.24, 2.45) is 0 Å². The average molecular weight is 767 g/mol. The second kappa shape index (κ2) is 21.6. The molecule has 1 aliphatic heterocycles. The molecule has 0 aliphatic carbocycles. The summed E-state index contributed by atoms with van der Waals surface area (Å²) in [6, 6.07) is 18.0. The van der Waals surface area contributed by atoms with Crippen molar-refractivity contribution in [1.82, 2.24) is 10.2 Å². The summed E-state index contributed by atoms with van der Waals surface area (Å²) < 4.78 is 73.9. The summed E-state index contributed by atoms with van der Waals surface area (Å²) in [5, 5.41) is 4.22. The number of nitrogens with one attached hydrogen (secondary N) is 1. The van der Waals surface area contributed by atoms with Crippen LogP contribution in [0, 0.1) is 0 Å². The maximum atomic E-state index is 15.2. The lowest BCUT2D eigenvalue weighted by molar-refractivity contribution is -0.198. The van der Waals surface area contributed by atoms with Gasteiger partial charge in [0.1, 0.15) is 11.6 Å². The lowest BCUT2D eigenvalue weighted by Crippen LogP contribution is -2.65. The fraction of sp³-hybridized carbons (Fsp3) is 0.615. The van der Waals surface area contributed by atoms with Gasteiger partial charge in [-0.2, -0.15) is 0 Å². The first-order valence-electron chi connectivity index (χ1n) is 18.7. The second-order valence-electron chi connectivity index (χ2n) is 13.6. The number of halogens is 3. The van der Waals surface area contributed by atoms with Gasteiger partial charge in [0.2, 0.25) is 25.0 Å². The van der Waals surface area contributed by atoms with Crippen molar-refractivity contribution in [1.29, 1.82) is 0 Å². The van der Waals surface area contributed by atoms with Gasteiger partial charge >= 0.3 is 11.9 Å². The molecular formula is C39H57F3N2O8Si. The number of esters is 2. The molecule has 0 spiro atoms. The van der Waals surface area contributed by atoms with Gasteiger partial charge in [0.25, 0.3) is 8.32 Å². The molecule has 1 aliphatic rings. The lowest BCUT2D eigenvalue weighted by atomic mass is 9.88. The summed E-state index contributed by atoms with van der Waals surface area (Å²) in [7, 11) is -2.02. The molecule has 10 nitrogen and oxygen atoms in total. The van der Waals surface area contributed by atoms with Gasteiger partial charge in [-0.1, -0.05) is 81.4 Å². The number of benzene rings is 2. The maximum absolute atomic E-state index is 15.2. The van der Waals surface area contributed by atoms with E-state index >= 15 is 4.39 Å². The van der Waals surface area contributed by atoms with Crippen molar-refractivity contribution in [3.63, 3.8) is 0 Å². The molecule has 1 fully saturated rings. The molecule has 0 bridgehead atoms. The van der Waals surface area contributed by atoms with E-state index in [1.165, 1.54) is 25.9 Å². The van der Waals surface area contributed by atoms with Gasteiger partial charge in [-0.15, -0.1) is 0 Å². The number of ether oxygens (including phenoxy) is 4. The minimum absolute atomic E-state index is 0.0110. The first-order chi connectivity index (χ1) is 25.3. The van der Waals surface area contributed by atoms with Crippen LogP contribution in [0.15, 0.2) is 60.7 Å². The Morgan fingerprint density at radius 3 is 1.96 bits per heavy atom. The number of hydrogen-bond acceptors (Lipinski definition) is 9. The summed E-state index contributed by atoms with van der Waals surface area (Å²) >= 11 is 0. The summed E-state index contributed by atoms with van der Waals surface area (Å²) in [5.74, 6) is -2.26. The third-order valence-corrected chi connectivity index (χ3v) is 13.8. The van der Waals surface area contributed by atoms with E-state index in [9.17, 15) is 23.2 Å². The first-order valence-corrected chi connectivity index (χ1v) is 20.8. The zero-order chi connectivity index (χ0) is 39.0. The third kappa shape index (κ3) is 12.1. The Hall–Kier alpha value is -3.30. The van der Waals surface area contributed by atoms with E-state index in [2.05, 4.69) is 5.32 Å². The van der Waals surface area contributed by atoms with Gasteiger partial charge in [-0.3, -0.25) is 14.5 Å². The molecule has 0 saturated carbocycles. The van der Waals surface area contributed by atoms with Gasteiger partial charge in [0, 0.05) is 33.3 Å². The fourth-order valence-corrected chi connectivity index (χ4v) is 10.8. The Morgan fingerprint density at radius 1 is 0.906 bits per heavy atom.